The lowest BCUT2D eigenvalue weighted by molar-refractivity contribution is -0.0400. The van der Waals surface area contributed by atoms with Crippen LogP contribution in [0.3, 0.4) is 0 Å². The topological polar surface area (TPSA) is 51.6 Å². The van der Waals surface area contributed by atoms with Gasteiger partial charge in [0.05, 0.1) is 5.69 Å². The SMILES string of the molecule is c1ccc(-c2nc(-c3ccc4c(c3)-c3ncccc3C43C4CC5CC(C4)CC3C5)nc(-c3cccc4ccccc34)n2)cc1. The molecule has 0 aliphatic heterocycles. The van der Waals surface area contributed by atoms with Crippen molar-refractivity contribution in [1.82, 2.24) is 19.9 Å². The van der Waals surface area contributed by atoms with Crippen molar-refractivity contribution in [2.45, 2.75) is 37.5 Å². The molecule has 4 saturated carbocycles. The molecule has 0 unspecified atom stereocenters. The molecule has 2 heterocycles. The smallest absolute Gasteiger partial charge is 0.164 e. The zero-order valence-corrected chi connectivity index (χ0v) is 24.5. The zero-order valence-electron chi connectivity index (χ0n) is 24.5. The third kappa shape index (κ3) is 3.40. The van der Waals surface area contributed by atoms with Crippen LogP contribution >= 0.6 is 0 Å². The van der Waals surface area contributed by atoms with Crippen LogP contribution in [0.1, 0.15) is 43.2 Å². The molecule has 6 aromatic rings. The molecule has 44 heavy (non-hydrogen) atoms. The van der Waals surface area contributed by atoms with E-state index in [2.05, 4.69) is 84.9 Å². The minimum absolute atomic E-state index is 0.104. The van der Waals surface area contributed by atoms with Crippen LogP contribution in [0.4, 0.5) is 0 Å². The average molecular weight is 569 g/mol. The highest BCUT2D eigenvalue weighted by Crippen LogP contribution is 2.69. The molecule has 4 heteroatoms. The lowest BCUT2D eigenvalue weighted by atomic mass is 9.43. The van der Waals surface area contributed by atoms with Crippen LogP contribution in [0.5, 0.6) is 0 Å². The Labute approximate surface area is 257 Å². The van der Waals surface area contributed by atoms with E-state index >= 15 is 0 Å². The zero-order chi connectivity index (χ0) is 28.8. The van der Waals surface area contributed by atoms with Crippen LogP contribution in [-0.2, 0) is 5.41 Å². The number of hydrogen-bond donors (Lipinski definition) is 0. The first-order valence-electron chi connectivity index (χ1n) is 16.2. The summed E-state index contributed by atoms with van der Waals surface area (Å²) in [4.78, 5) is 20.4. The monoisotopic (exact) mass is 568 g/mol. The first-order valence-corrected chi connectivity index (χ1v) is 16.2. The van der Waals surface area contributed by atoms with E-state index in [1.54, 1.807) is 0 Å². The molecular formula is C40H32N4. The van der Waals surface area contributed by atoms with E-state index in [0.29, 0.717) is 29.3 Å². The van der Waals surface area contributed by atoms with Gasteiger partial charge < -0.3 is 0 Å². The Hall–Kier alpha value is -4.70. The summed E-state index contributed by atoms with van der Waals surface area (Å²) in [5.41, 5.74) is 8.54. The molecule has 212 valence electrons. The maximum absolute atomic E-state index is 5.17. The molecule has 0 radical (unpaired) electrons. The van der Waals surface area contributed by atoms with Crippen LogP contribution in [-0.4, -0.2) is 19.9 Å². The molecule has 0 saturated heterocycles. The third-order valence-corrected chi connectivity index (χ3v) is 11.4. The van der Waals surface area contributed by atoms with Crippen molar-refractivity contribution in [3.05, 3.63) is 120 Å². The van der Waals surface area contributed by atoms with E-state index in [9.17, 15) is 0 Å². The van der Waals surface area contributed by atoms with Crippen molar-refractivity contribution in [3.8, 4) is 45.4 Å². The normalized spacial score (nSPS) is 25.8. The van der Waals surface area contributed by atoms with E-state index in [0.717, 1.165) is 33.9 Å². The molecule has 4 nitrogen and oxygen atoms in total. The van der Waals surface area contributed by atoms with Gasteiger partial charge in [0.25, 0.3) is 0 Å². The molecule has 0 N–H and O–H groups in total. The van der Waals surface area contributed by atoms with Gasteiger partial charge in [0.2, 0.25) is 0 Å². The van der Waals surface area contributed by atoms with Crippen molar-refractivity contribution in [1.29, 1.82) is 0 Å². The number of aromatic nitrogens is 4. The summed E-state index contributed by atoms with van der Waals surface area (Å²) >= 11 is 0. The van der Waals surface area contributed by atoms with Gasteiger partial charge in [-0.1, -0.05) is 91.0 Å². The summed E-state index contributed by atoms with van der Waals surface area (Å²) in [6, 6.07) is 36.6. The number of nitrogens with zero attached hydrogens (tertiary/aromatic N) is 4. The number of hydrogen-bond acceptors (Lipinski definition) is 4. The fourth-order valence-electron chi connectivity index (χ4n) is 9.91. The van der Waals surface area contributed by atoms with Crippen LogP contribution < -0.4 is 0 Å². The van der Waals surface area contributed by atoms with Crippen LogP contribution in [0.15, 0.2) is 109 Å². The standard InChI is InChI=1S/C40H32N4/c1-2-9-27(10-3-1)37-42-38(44-39(43-37)32-13-6-11-26-8-4-5-12-31(26)32)28-15-16-34-33(23-28)36-35(14-7-17-41-36)40(34)29-19-24-18-25(21-29)22-30(40)20-24/h1-17,23-25,29-30H,18-22H2. The maximum atomic E-state index is 5.17. The predicted octanol–water partition coefficient (Wildman–Crippen LogP) is 9.14. The van der Waals surface area contributed by atoms with Crippen LogP contribution in [0, 0.1) is 23.7 Å². The number of pyridine rings is 1. The van der Waals surface area contributed by atoms with Gasteiger partial charge in [-0.15, -0.1) is 0 Å². The average Bonchev–Trinajstić information content (AvgIpc) is 3.37. The minimum atomic E-state index is 0.104. The van der Waals surface area contributed by atoms with Gasteiger partial charge in [-0.3, -0.25) is 4.98 Å². The first-order chi connectivity index (χ1) is 21.8. The second-order valence-corrected chi connectivity index (χ2v) is 13.5. The molecule has 4 fully saturated rings. The van der Waals surface area contributed by atoms with Crippen LogP contribution in [0.25, 0.3) is 56.2 Å². The van der Waals surface area contributed by atoms with E-state index in [1.165, 1.54) is 59.9 Å². The highest BCUT2D eigenvalue weighted by atomic mass is 15.0. The summed E-state index contributed by atoms with van der Waals surface area (Å²) in [7, 11) is 0. The molecule has 0 atom stereocenters. The van der Waals surface area contributed by atoms with Gasteiger partial charge in [0.15, 0.2) is 17.5 Å². The van der Waals surface area contributed by atoms with Crippen molar-refractivity contribution in [2.75, 3.05) is 0 Å². The van der Waals surface area contributed by atoms with Crippen molar-refractivity contribution in [2.24, 2.45) is 23.7 Å². The minimum Gasteiger partial charge on any atom is -0.256 e. The molecule has 5 aliphatic rings. The van der Waals surface area contributed by atoms with Crippen molar-refractivity contribution < 1.29 is 0 Å². The number of rotatable bonds is 3. The van der Waals surface area contributed by atoms with Gasteiger partial charge in [-0.2, -0.15) is 0 Å². The highest BCUT2D eigenvalue weighted by molar-refractivity contribution is 5.95. The molecule has 2 aromatic heterocycles. The molecule has 4 aromatic carbocycles. The molecule has 1 spiro atoms. The van der Waals surface area contributed by atoms with E-state index in [1.807, 2.05) is 24.4 Å². The van der Waals surface area contributed by atoms with Gasteiger partial charge in [0, 0.05) is 33.9 Å². The van der Waals surface area contributed by atoms with Gasteiger partial charge in [0.1, 0.15) is 0 Å². The summed E-state index contributed by atoms with van der Waals surface area (Å²) in [5, 5.41) is 2.32. The van der Waals surface area contributed by atoms with Crippen molar-refractivity contribution in [3.63, 3.8) is 0 Å². The molecule has 5 aliphatic carbocycles. The Morgan fingerprint density at radius 3 is 2.05 bits per heavy atom. The van der Waals surface area contributed by atoms with Gasteiger partial charge >= 0.3 is 0 Å². The lowest BCUT2D eigenvalue weighted by Gasteiger charge is -2.61. The third-order valence-electron chi connectivity index (χ3n) is 11.4. The Kier molecular flexibility index (Phi) is 5.14. The first kappa shape index (κ1) is 24.7. The summed E-state index contributed by atoms with van der Waals surface area (Å²) in [6.45, 7) is 0. The summed E-state index contributed by atoms with van der Waals surface area (Å²) < 4.78 is 0. The Morgan fingerprint density at radius 2 is 1.23 bits per heavy atom. The maximum Gasteiger partial charge on any atom is 0.164 e. The lowest BCUT2D eigenvalue weighted by Crippen LogP contribution is -2.55. The van der Waals surface area contributed by atoms with E-state index < -0.39 is 0 Å². The quantitative estimate of drug-likeness (QED) is 0.214. The van der Waals surface area contributed by atoms with E-state index in [-0.39, 0.29) is 5.41 Å². The highest BCUT2D eigenvalue weighted by Gasteiger charge is 2.61. The summed E-state index contributed by atoms with van der Waals surface area (Å²) in [6.07, 6.45) is 8.89. The van der Waals surface area contributed by atoms with Gasteiger partial charge in [-0.25, -0.2) is 15.0 Å². The molecule has 4 bridgehead atoms. The Bertz CT molecular complexity index is 2070. The predicted molar refractivity (Wildman–Crippen MR) is 175 cm³/mol. The molecule has 11 rings (SSSR count). The summed E-state index contributed by atoms with van der Waals surface area (Å²) in [5.74, 6) is 5.36. The van der Waals surface area contributed by atoms with Crippen molar-refractivity contribution >= 4 is 10.8 Å². The Balaban J connectivity index is 1.18. The fourth-order valence-corrected chi connectivity index (χ4v) is 9.91. The van der Waals surface area contributed by atoms with E-state index in [4.69, 9.17) is 19.9 Å². The van der Waals surface area contributed by atoms with Crippen LogP contribution in [0.2, 0.25) is 0 Å². The largest absolute Gasteiger partial charge is 0.256 e. The Morgan fingerprint density at radius 1 is 0.523 bits per heavy atom. The fraction of sp³-hybridized carbons (Fsp3) is 0.250. The second kappa shape index (κ2) is 9.15. The second-order valence-electron chi connectivity index (χ2n) is 13.5. The number of benzene rings is 4. The molecular weight excluding hydrogens is 536 g/mol. The van der Waals surface area contributed by atoms with Gasteiger partial charge in [-0.05, 0) is 89.8 Å². The molecule has 0 amide bonds. The number of fused-ring (bicyclic) bond motifs is 4.